The third-order valence-corrected chi connectivity index (χ3v) is 4.05. The van der Waals surface area contributed by atoms with Crippen LogP contribution in [-0.4, -0.2) is 31.3 Å². The summed E-state index contributed by atoms with van der Waals surface area (Å²) in [6.45, 7) is 2.66. The number of aliphatic hydroxyl groups is 1. The zero-order chi connectivity index (χ0) is 17.5. The summed E-state index contributed by atoms with van der Waals surface area (Å²) in [7, 11) is 1.96. The highest BCUT2D eigenvalue weighted by Crippen LogP contribution is 2.24. The molecule has 0 fully saturated rings. The van der Waals surface area contributed by atoms with E-state index in [9.17, 15) is 9.90 Å². The first kappa shape index (κ1) is 18.1. The quantitative estimate of drug-likeness (QED) is 0.747. The molecule has 5 nitrogen and oxygen atoms in total. The molecule has 0 spiro atoms. The van der Waals surface area contributed by atoms with E-state index in [1.54, 1.807) is 24.3 Å². The SMILES string of the molecule is CCN(C)c1ccccc1NC(=O)NC(CO)c1ccc(Cl)cc1. The Morgan fingerprint density at radius 3 is 2.50 bits per heavy atom. The molecule has 0 radical (unpaired) electrons. The van der Waals surface area contributed by atoms with Crippen LogP contribution in [-0.2, 0) is 0 Å². The van der Waals surface area contributed by atoms with Gasteiger partial charge < -0.3 is 20.6 Å². The first-order valence-corrected chi connectivity index (χ1v) is 8.17. The smallest absolute Gasteiger partial charge is 0.319 e. The molecule has 0 aromatic heterocycles. The highest BCUT2D eigenvalue weighted by molar-refractivity contribution is 6.30. The van der Waals surface area contributed by atoms with Gasteiger partial charge in [-0.3, -0.25) is 0 Å². The number of urea groups is 1. The van der Waals surface area contributed by atoms with Crippen molar-refractivity contribution in [3.63, 3.8) is 0 Å². The largest absolute Gasteiger partial charge is 0.394 e. The van der Waals surface area contributed by atoms with Crippen LogP contribution in [0.2, 0.25) is 5.02 Å². The molecule has 2 rings (SSSR count). The standard InChI is InChI=1S/C18H22ClN3O2/c1-3-22(2)17-7-5-4-6-15(17)20-18(24)21-16(12-23)13-8-10-14(19)11-9-13/h4-11,16,23H,3,12H2,1-2H3,(H2,20,21,24). The number of para-hydroxylation sites is 2. The number of nitrogens with one attached hydrogen (secondary N) is 2. The van der Waals surface area contributed by atoms with Gasteiger partial charge in [-0.05, 0) is 36.8 Å². The van der Waals surface area contributed by atoms with Gasteiger partial charge in [-0.1, -0.05) is 35.9 Å². The lowest BCUT2D eigenvalue weighted by atomic mass is 10.1. The summed E-state index contributed by atoms with van der Waals surface area (Å²) in [6, 6.07) is 13.7. The van der Waals surface area contributed by atoms with E-state index in [4.69, 9.17) is 11.6 Å². The van der Waals surface area contributed by atoms with E-state index in [2.05, 4.69) is 10.6 Å². The van der Waals surface area contributed by atoms with E-state index < -0.39 is 6.04 Å². The van der Waals surface area contributed by atoms with Crippen LogP contribution in [0.15, 0.2) is 48.5 Å². The number of hydrogen-bond donors (Lipinski definition) is 3. The van der Waals surface area contributed by atoms with Crippen molar-refractivity contribution >= 4 is 29.0 Å². The van der Waals surface area contributed by atoms with E-state index >= 15 is 0 Å². The summed E-state index contributed by atoms with van der Waals surface area (Å²) in [5.41, 5.74) is 2.44. The Morgan fingerprint density at radius 1 is 1.21 bits per heavy atom. The molecule has 1 atom stereocenters. The number of hydrogen-bond acceptors (Lipinski definition) is 3. The van der Waals surface area contributed by atoms with E-state index in [0.717, 1.165) is 17.8 Å². The Balaban J connectivity index is 2.08. The minimum Gasteiger partial charge on any atom is -0.394 e. The van der Waals surface area contributed by atoms with Crippen molar-refractivity contribution in [2.75, 3.05) is 30.4 Å². The molecular weight excluding hydrogens is 326 g/mol. The van der Waals surface area contributed by atoms with Crippen molar-refractivity contribution < 1.29 is 9.90 Å². The maximum absolute atomic E-state index is 12.3. The number of nitrogens with zero attached hydrogens (tertiary/aromatic N) is 1. The van der Waals surface area contributed by atoms with Crippen LogP contribution in [0.5, 0.6) is 0 Å². The van der Waals surface area contributed by atoms with Crippen molar-refractivity contribution in [1.82, 2.24) is 5.32 Å². The van der Waals surface area contributed by atoms with Crippen molar-refractivity contribution in [3.05, 3.63) is 59.1 Å². The summed E-state index contributed by atoms with van der Waals surface area (Å²) < 4.78 is 0. The van der Waals surface area contributed by atoms with Crippen molar-refractivity contribution in [3.8, 4) is 0 Å². The molecule has 0 aliphatic heterocycles. The molecule has 0 saturated carbocycles. The van der Waals surface area contributed by atoms with Crippen molar-refractivity contribution in [2.24, 2.45) is 0 Å². The Bertz CT molecular complexity index is 676. The second-order valence-electron chi connectivity index (χ2n) is 5.42. The molecule has 2 amide bonds. The average Bonchev–Trinajstić information content (AvgIpc) is 2.60. The molecule has 24 heavy (non-hydrogen) atoms. The van der Waals surface area contributed by atoms with Crippen LogP contribution in [0, 0.1) is 0 Å². The second kappa shape index (κ2) is 8.57. The van der Waals surface area contributed by atoms with Crippen LogP contribution >= 0.6 is 11.6 Å². The number of halogens is 1. The van der Waals surface area contributed by atoms with E-state index in [-0.39, 0.29) is 12.6 Å². The molecule has 2 aromatic carbocycles. The Kier molecular flexibility index (Phi) is 6.46. The fourth-order valence-electron chi connectivity index (χ4n) is 2.33. The summed E-state index contributed by atoms with van der Waals surface area (Å²) in [4.78, 5) is 14.3. The predicted molar refractivity (Wildman–Crippen MR) is 98.8 cm³/mol. The van der Waals surface area contributed by atoms with Gasteiger partial charge >= 0.3 is 6.03 Å². The van der Waals surface area contributed by atoms with Crippen LogP contribution in [0.25, 0.3) is 0 Å². The van der Waals surface area contributed by atoms with E-state index in [1.165, 1.54) is 0 Å². The van der Waals surface area contributed by atoms with E-state index in [1.807, 2.05) is 43.1 Å². The highest BCUT2D eigenvalue weighted by Gasteiger charge is 2.15. The molecule has 1 unspecified atom stereocenters. The first-order valence-electron chi connectivity index (χ1n) is 7.79. The van der Waals surface area contributed by atoms with Gasteiger partial charge in [-0.25, -0.2) is 4.79 Å². The lowest BCUT2D eigenvalue weighted by molar-refractivity contribution is 0.225. The molecule has 3 N–H and O–H groups in total. The number of amides is 2. The first-order chi connectivity index (χ1) is 11.5. The summed E-state index contributed by atoms with van der Waals surface area (Å²) in [5, 5.41) is 15.8. The number of aliphatic hydroxyl groups excluding tert-OH is 1. The van der Waals surface area contributed by atoms with Gasteiger partial charge in [0.2, 0.25) is 0 Å². The van der Waals surface area contributed by atoms with Crippen LogP contribution < -0.4 is 15.5 Å². The van der Waals surface area contributed by atoms with E-state index in [0.29, 0.717) is 10.7 Å². The molecule has 128 valence electrons. The lowest BCUT2D eigenvalue weighted by Gasteiger charge is -2.22. The van der Waals surface area contributed by atoms with Gasteiger partial charge in [0.1, 0.15) is 0 Å². The van der Waals surface area contributed by atoms with Crippen LogP contribution in [0.3, 0.4) is 0 Å². The van der Waals surface area contributed by atoms with Gasteiger partial charge in [-0.15, -0.1) is 0 Å². The van der Waals surface area contributed by atoms with Gasteiger partial charge in [0.25, 0.3) is 0 Å². The Labute approximate surface area is 147 Å². The minimum atomic E-state index is -0.502. The van der Waals surface area contributed by atoms with Crippen LogP contribution in [0.4, 0.5) is 16.2 Å². The van der Waals surface area contributed by atoms with Gasteiger partial charge in [0.05, 0.1) is 24.0 Å². The summed E-state index contributed by atoms with van der Waals surface area (Å²) >= 11 is 5.87. The number of benzene rings is 2. The summed E-state index contributed by atoms with van der Waals surface area (Å²) in [6.07, 6.45) is 0. The molecular formula is C18H22ClN3O2. The maximum Gasteiger partial charge on any atom is 0.319 e. The lowest BCUT2D eigenvalue weighted by Crippen LogP contribution is -2.34. The zero-order valence-corrected chi connectivity index (χ0v) is 14.5. The third kappa shape index (κ3) is 4.63. The Morgan fingerprint density at radius 2 is 1.88 bits per heavy atom. The minimum absolute atomic E-state index is 0.203. The Hall–Kier alpha value is -2.24. The highest BCUT2D eigenvalue weighted by atomic mass is 35.5. The fraction of sp³-hybridized carbons (Fsp3) is 0.278. The zero-order valence-electron chi connectivity index (χ0n) is 13.8. The van der Waals surface area contributed by atoms with Gasteiger partial charge in [0, 0.05) is 18.6 Å². The molecule has 0 aliphatic rings. The molecule has 2 aromatic rings. The second-order valence-corrected chi connectivity index (χ2v) is 5.85. The van der Waals surface area contributed by atoms with Crippen molar-refractivity contribution in [2.45, 2.75) is 13.0 Å². The molecule has 0 aliphatic carbocycles. The van der Waals surface area contributed by atoms with Gasteiger partial charge in [-0.2, -0.15) is 0 Å². The normalized spacial score (nSPS) is 11.7. The monoisotopic (exact) mass is 347 g/mol. The number of carbonyl (C=O) groups excluding carboxylic acids is 1. The van der Waals surface area contributed by atoms with Crippen LogP contribution in [0.1, 0.15) is 18.5 Å². The molecule has 0 heterocycles. The summed E-state index contributed by atoms with van der Waals surface area (Å²) in [5.74, 6) is 0. The maximum atomic E-state index is 12.3. The topological polar surface area (TPSA) is 64.6 Å². The number of anilines is 2. The van der Waals surface area contributed by atoms with Crippen molar-refractivity contribution in [1.29, 1.82) is 0 Å². The number of carbonyl (C=O) groups is 1. The average molecular weight is 348 g/mol. The number of rotatable bonds is 6. The molecule has 0 bridgehead atoms. The molecule has 0 saturated heterocycles. The van der Waals surface area contributed by atoms with Gasteiger partial charge in [0.15, 0.2) is 0 Å². The predicted octanol–water partition coefficient (Wildman–Crippen LogP) is 3.65. The molecule has 6 heteroatoms. The fourth-order valence-corrected chi connectivity index (χ4v) is 2.45. The third-order valence-electron chi connectivity index (χ3n) is 3.80.